The van der Waals surface area contributed by atoms with Crippen molar-refractivity contribution in [2.75, 3.05) is 31.2 Å². The van der Waals surface area contributed by atoms with Gasteiger partial charge in [0.15, 0.2) is 0 Å². The van der Waals surface area contributed by atoms with Crippen molar-refractivity contribution in [3.8, 4) is 11.1 Å². The SMILES string of the molecule is CCC(=O)Nc1cc(-c2cn(C)c(=O)c3cc(CN4CCN(S(C)(=O)=O)C[C@H]4C)sc23)ccn1. The number of anilines is 1. The first-order valence-corrected chi connectivity index (χ1v) is 13.8. The van der Waals surface area contributed by atoms with Crippen molar-refractivity contribution in [3.63, 3.8) is 0 Å². The minimum atomic E-state index is -3.20. The molecule has 1 aliphatic rings. The van der Waals surface area contributed by atoms with Gasteiger partial charge in [0.05, 0.1) is 11.6 Å². The van der Waals surface area contributed by atoms with Crippen LogP contribution in [0.3, 0.4) is 0 Å². The van der Waals surface area contributed by atoms with E-state index in [2.05, 4.69) is 15.2 Å². The summed E-state index contributed by atoms with van der Waals surface area (Å²) >= 11 is 1.57. The first kappa shape index (κ1) is 24.5. The van der Waals surface area contributed by atoms with E-state index in [1.807, 2.05) is 31.3 Å². The molecule has 1 N–H and O–H groups in total. The van der Waals surface area contributed by atoms with E-state index in [1.165, 1.54) is 10.6 Å². The van der Waals surface area contributed by atoms with Gasteiger partial charge < -0.3 is 9.88 Å². The van der Waals surface area contributed by atoms with Crippen molar-refractivity contribution >= 4 is 43.2 Å². The molecule has 0 spiro atoms. The van der Waals surface area contributed by atoms with Crippen molar-refractivity contribution in [1.29, 1.82) is 0 Å². The van der Waals surface area contributed by atoms with Gasteiger partial charge in [-0.2, -0.15) is 4.31 Å². The molecule has 3 aromatic rings. The van der Waals surface area contributed by atoms with Crippen LogP contribution < -0.4 is 10.9 Å². The molecule has 0 aromatic carbocycles. The summed E-state index contributed by atoms with van der Waals surface area (Å²) in [5, 5.41) is 3.44. The maximum atomic E-state index is 12.9. The predicted octanol–water partition coefficient (Wildman–Crippen LogP) is 2.48. The molecule has 4 heterocycles. The zero-order valence-corrected chi connectivity index (χ0v) is 21.4. The third-order valence-corrected chi connectivity index (χ3v) is 8.54. The molecule has 1 amide bonds. The molecule has 0 radical (unpaired) electrons. The Morgan fingerprint density at radius 1 is 1.29 bits per heavy atom. The molecular weight excluding hydrogens is 474 g/mol. The minimum absolute atomic E-state index is 0.0650. The number of rotatable bonds is 6. The number of piperazine rings is 1. The first-order valence-electron chi connectivity index (χ1n) is 11.1. The second-order valence-corrected chi connectivity index (χ2v) is 11.8. The maximum absolute atomic E-state index is 12.9. The Morgan fingerprint density at radius 3 is 2.74 bits per heavy atom. The van der Waals surface area contributed by atoms with Crippen LogP contribution in [-0.4, -0.2) is 65.0 Å². The number of thiophene rings is 1. The number of aryl methyl sites for hydroxylation is 1. The van der Waals surface area contributed by atoms with Gasteiger partial charge in [-0.1, -0.05) is 6.92 Å². The van der Waals surface area contributed by atoms with Crippen molar-refractivity contribution in [2.24, 2.45) is 7.05 Å². The lowest BCUT2D eigenvalue weighted by atomic mass is 10.1. The molecule has 4 rings (SSSR count). The Bertz CT molecular complexity index is 1400. The second-order valence-electron chi connectivity index (χ2n) is 8.69. The molecule has 34 heavy (non-hydrogen) atoms. The molecule has 3 aromatic heterocycles. The lowest BCUT2D eigenvalue weighted by molar-refractivity contribution is -0.115. The Balaban J connectivity index is 1.66. The van der Waals surface area contributed by atoms with Crippen LogP contribution in [0.25, 0.3) is 21.2 Å². The van der Waals surface area contributed by atoms with E-state index in [0.717, 1.165) is 20.7 Å². The van der Waals surface area contributed by atoms with Gasteiger partial charge in [0, 0.05) is 73.2 Å². The van der Waals surface area contributed by atoms with Crippen LogP contribution in [0.1, 0.15) is 25.1 Å². The lowest BCUT2D eigenvalue weighted by Crippen LogP contribution is -2.52. The van der Waals surface area contributed by atoms with Gasteiger partial charge >= 0.3 is 0 Å². The van der Waals surface area contributed by atoms with Gasteiger partial charge in [-0.3, -0.25) is 14.5 Å². The molecule has 0 aliphatic carbocycles. The molecule has 1 saturated heterocycles. The number of nitrogens with zero attached hydrogens (tertiary/aromatic N) is 4. The summed E-state index contributed by atoms with van der Waals surface area (Å²) < 4.78 is 27.8. The maximum Gasteiger partial charge on any atom is 0.259 e. The molecule has 182 valence electrons. The molecule has 0 saturated carbocycles. The third-order valence-electron chi connectivity index (χ3n) is 6.12. The van der Waals surface area contributed by atoms with Gasteiger partial charge in [-0.15, -0.1) is 11.3 Å². The van der Waals surface area contributed by atoms with Gasteiger partial charge in [0.2, 0.25) is 15.9 Å². The number of hydrogen-bond acceptors (Lipinski definition) is 7. The monoisotopic (exact) mass is 503 g/mol. The van der Waals surface area contributed by atoms with Crippen LogP contribution in [0.15, 0.2) is 35.4 Å². The highest BCUT2D eigenvalue weighted by molar-refractivity contribution is 7.88. The highest BCUT2D eigenvalue weighted by Crippen LogP contribution is 2.34. The standard InChI is InChI=1S/C23H29N5O4S2/c1-5-21(29)25-20-10-16(6-7-24-20)19-14-26(3)23(30)18-11-17(33-22(18)19)13-27-8-9-28(12-15(27)2)34(4,31)32/h6-7,10-11,14-15H,5,8-9,12-13H2,1-4H3,(H,24,25,29)/t15-/m1/s1. The molecular formula is C23H29N5O4S2. The zero-order chi connectivity index (χ0) is 24.6. The summed E-state index contributed by atoms with van der Waals surface area (Å²) in [6.45, 7) is 6.01. The van der Waals surface area contributed by atoms with Crippen LogP contribution >= 0.6 is 11.3 Å². The average Bonchev–Trinajstić information content (AvgIpc) is 3.21. The summed E-state index contributed by atoms with van der Waals surface area (Å²) in [7, 11) is -1.47. The number of nitrogens with one attached hydrogen (secondary N) is 1. The number of amides is 1. The lowest BCUT2D eigenvalue weighted by Gasteiger charge is -2.38. The third kappa shape index (κ3) is 5.07. The topological polar surface area (TPSA) is 105 Å². The number of pyridine rings is 2. The summed E-state index contributed by atoms with van der Waals surface area (Å²) in [6.07, 6.45) is 5.08. The molecule has 0 bridgehead atoms. The highest BCUT2D eigenvalue weighted by Gasteiger charge is 2.29. The van der Waals surface area contributed by atoms with Crippen LogP contribution in [0.4, 0.5) is 5.82 Å². The first-order chi connectivity index (χ1) is 16.1. The highest BCUT2D eigenvalue weighted by atomic mass is 32.2. The molecule has 0 unspecified atom stereocenters. The summed E-state index contributed by atoms with van der Waals surface area (Å²) in [5.41, 5.74) is 1.70. The van der Waals surface area contributed by atoms with Crippen molar-refractivity contribution < 1.29 is 13.2 Å². The molecule has 11 heteroatoms. The van der Waals surface area contributed by atoms with E-state index in [1.54, 1.807) is 36.1 Å². The number of carbonyl (C=O) groups is 1. The summed E-state index contributed by atoms with van der Waals surface area (Å²) in [4.78, 5) is 32.2. The fourth-order valence-electron chi connectivity index (χ4n) is 4.18. The van der Waals surface area contributed by atoms with Crippen LogP contribution in [0.5, 0.6) is 0 Å². The largest absolute Gasteiger partial charge is 0.317 e. The van der Waals surface area contributed by atoms with E-state index >= 15 is 0 Å². The Hall–Kier alpha value is -2.60. The number of carbonyl (C=O) groups excluding carboxylic acids is 1. The normalized spacial score (nSPS) is 17.8. The number of fused-ring (bicyclic) bond motifs is 1. The van der Waals surface area contributed by atoms with E-state index in [-0.39, 0.29) is 17.5 Å². The fraction of sp³-hybridized carbons (Fsp3) is 0.435. The Morgan fingerprint density at radius 2 is 2.06 bits per heavy atom. The number of aromatic nitrogens is 2. The summed E-state index contributed by atoms with van der Waals surface area (Å²) in [5.74, 6) is 0.361. The van der Waals surface area contributed by atoms with E-state index in [0.29, 0.717) is 43.8 Å². The quantitative estimate of drug-likeness (QED) is 0.554. The smallest absolute Gasteiger partial charge is 0.259 e. The molecule has 1 fully saturated rings. The van der Waals surface area contributed by atoms with Gasteiger partial charge in [0.25, 0.3) is 5.56 Å². The van der Waals surface area contributed by atoms with Gasteiger partial charge in [-0.05, 0) is 30.7 Å². The molecule has 1 atom stereocenters. The average molecular weight is 504 g/mol. The molecule has 1 aliphatic heterocycles. The number of hydrogen-bond donors (Lipinski definition) is 1. The second kappa shape index (κ2) is 9.57. The number of sulfonamides is 1. The van der Waals surface area contributed by atoms with E-state index in [4.69, 9.17) is 0 Å². The van der Waals surface area contributed by atoms with Crippen molar-refractivity contribution in [2.45, 2.75) is 32.9 Å². The van der Waals surface area contributed by atoms with Crippen LogP contribution in [0, 0.1) is 0 Å². The van der Waals surface area contributed by atoms with E-state index in [9.17, 15) is 18.0 Å². The van der Waals surface area contributed by atoms with Gasteiger partial charge in [-0.25, -0.2) is 13.4 Å². The summed E-state index contributed by atoms with van der Waals surface area (Å²) in [6, 6.07) is 5.70. The Labute approximate surface area is 203 Å². The van der Waals surface area contributed by atoms with Crippen molar-refractivity contribution in [3.05, 3.63) is 45.8 Å². The predicted molar refractivity (Wildman–Crippen MR) is 136 cm³/mol. The minimum Gasteiger partial charge on any atom is -0.317 e. The Kier molecular flexibility index (Phi) is 6.90. The molecule has 9 nitrogen and oxygen atoms in total. The zero-order valence-electron chi connectivity index (χ0n) is 19.7. The fourth-order valence-corrected chi connectivity index (χ4v) is 6.29. The van der Waals surface area contributed by atoms with E-state index < -0.39 is 10.0 Å². The van der Waals surface area contributed by atoms with Crippen LogP contribution in [0.2, 0.25) is 0 Å². The van der Waals surface area contributed by atoms with Crippen molar-refractivity contribution in [1.82, 2.24) is 18.8 Å². The van der Waals surface area contributed by atoms with Gasteiger partial charge in [0.1, 0.15) is 5.82 Å². The van der Waals surface area contributed by atoms with Crippen LogP contribution in [-0.2, 0) is 28.4 Å².